The molecule has 2 atom stereocenters. The Hall–Kier alpha value is -3.40. The molecule has 194 valence electrons. The first kappa shape index (κ1) is 24.9. The number of nitrogens with zero attached hydrogens (tertiary/aromatic N) is 2. The smallest absolute Gasteiger partial charge is 0.271 e. The molecule has 0 aliphatic carbocycles. The van der Waals surface area contributed by atoms with Crippen molar-refractivity contribution in [1.82, 2.24) is 9.97 Å². The van der Waals surface area contributed by atoms with E-state index < -0.39 is 0 Å². The van der Waals surface area contributed by atoms with E-state index in [-0.39, 0.29) is 17.7 Å². The second-order valence-corrected chi connectivity index (χ2v) is 11.4. The topological polar surface area (TPSA) is 79.5 Å². The second kappa shape index (κ2) is 10.8. The van der Waals surface area contributed by atoms with Gasteiger partial charge in [-0.2, -0.15) is 0 Å². The summed E-state index contributed by atoms with van der Waals surface area (Å²) in [6.45, 7) is 4.04. The number of ether oxygens (including phenoxy) is 2. The summed E-state index contributed by atoms with van der Waals surface area (Å²) in [4.78, 5) is 26.5. The average molecular weight is 545 g/mol. The predicted molar refractivity (Wildman–Crippen MR) is 152 cm³/mol. The Morgan fingerprint density at radius 2 is 2.03 bits per heavy atom. The summed E-state index contributed by atoms with van der Waals surface area (Å²) in [6, 6.07) is 18.8. The lowest BCUT2D eigenvalue weighted by molar-refractivity contribution is 0.0378. The first-order chi connectivity index (χ1) is 18.6. The van der Waals surface area contributed by atoms with Gasteiger partial charge in [0, 0.05) is 50.8 Å². The van der Waals surface area contributed by atoms with Gasteiger partial charge in [0.25, 0.3) is 5.56 Å². The normalized spacial score (nSPS) is 17.3. The van der Waals surface area contributed by atoms with E-state index in [9.17, 15) is 4.79 Å². The average Bonchev–Trinajstić information content (AvgIpc) is 2.96. The number of aromatic nitrogens is 2. The van der Waals surface area contributed by atoms with Crippen LogP contribution in [0.2, 0.25) is 0 Å². The van der Waals surface area contributed by atoms with Crippen LogP contribution in [0.25, 0.3) is 0 Å². The lowest BCUT2D eigenvalue weighted by Gasteiger charge is -2.35. The number of hydrogen-bond donors (Lipinski definition) is 2. The highest BCUT2D eigenvalue weighted by molar-refractivity contribution is 8.05. The van der Waals surface area contributed by atoms with Crippen molar-refractivity contribution in [2.24, 2.45) is 0 Å². The van der Waals surface area contributed by atoms with Crippen molar-refractivity contribution in [2.45, 2.75) is 38.7 Å². The van der Waals surface area contributed by atoms with Crippen LogP contribution >= 0.6 is 23.5 Å². The fourth-order valence-corrected chi connectivity index (χ4v) is 7.25. The number of methoxy groups -OCH3 is 1. The predicted octanol–water partition coefficient (Wildman–Crippen LogP) is 6.15. The minimum absolute atomic E-state index is 0.0662. The van der Waals surface area contributed by atoms with Crippen LogP contribution in [-0.2, 0) is 4.74 Å². The van der Waals surface area contributed by atoms with Crippen LogP contribution in [0.5, 0.6) is 5.75 Å². The molecule has 6 rings (SSSR count). The molecule has 4 aromatic rings. The van der Waals surface area contributed by atoms with Gasteiger partial charge in [-0.15, -0.1) is 0 Å². The number of morpholine rings is 1. The van der Waals surface area contributed by atoms with Crippen molar-refractivity contribution in [3.63, 3.8) is 0 Å². The summed E-state index contributed by atoms with van der Waals surface area (Å²) in [7, 11) is 1.65. The molecule has 0 bridgehead atoms. The van der Waals surface area contributed by atoms with E-state index in [1.54, 1.807) is 43.0 Å². The molecular formula is C29H28N4O3S2. The summed E-state index contributed by atoms with van der Waals surface area (Å²) >= 11 is 3.58. The van der Waals surface area contributed by atoms with Crippen LogP contribution < -0.4 is 20.5 Å². The van der Waals surface area contributed by atoms with Crippen molar-refractivity contribution in [2.75, 3.05) is 37.0 Å². The molecule has 2 aromatic heterocycles. The third-order valence-corrected chi connectivity index (χ3v) is 9.40. The number of H-pyrrole nitrogens is 1. The molecule has 0 saturated carbocycles. The summed E-state index contributed by atoms with van der Waals surface area (Å²) in [5.74, 6) is 0.751. The van der Waals surface area contributed by atoms with E-state index in [1.165, 1.54) is 25.1 Å². The third kappa shape index (κ3) is 5.01. The fraction of sp³-hybridized carbons (Fsp3) is 0.241. The van der Waals surface area contributed by atoms with Crippen molar-refractivity contribution in [1.29, 1.82) is 0 Å². The zero-order valence-corrected chi connectivity index (χ0v) is 22.8. The van der Waals surface area contributed by atoms with Crippen molar-refractivity contribution >= 4 is 34.9 Å². The van der Waals surface area contributed by atoms with Crippen LogP contribution in [0.15, 0.2) is 97.6 Å². The summed E-state index contributed by atoms with van der Waals surface area (Å²) in [5.41, 5.74) is 3.92. The SMILES string of the molecule is COc1cncc(C(C)Nc2ccc3c(c2)Sc2cccc(C4CN(c5ccc[nH]c5=O)CCO4)c2S3)c1. The molecule has 7 nitrogen and oxygen atoms in total. The van der Waals surface area contributed by atoms with E-state index in [0.29, 0.717) is 25.4 Å². The van der Waals surface area contributed by atoms with Gasteiger partial charge in [-0.1, -0.05) is 35.7 Å². The minimum Gasteiger partial charge on any atom is -0.495 e. The minimum atomic E-state index is -0.105. The number of pyridine rings is 2. The largest absolute Gasteiger partial charge is 0.495 e. The molecule has 0 amide bonds. The second-order valence-electron chi connectivity index (χ2n) is 9.25. The standard InChI is InChI=1S/C29H28N4O3S2/c1-18(19-13-21(35-2)16-30-15-19)32-20-8-9-25-27(14-20)37-26-7-3-5-22(28(26)38-25)24-17-33(11-12-36-24)23-6-4-10-31-29(23)34/h3-10,13-16,18,24,32H,11-12,17H2,1-2H3,(H,31,34). The first-order valence-corrected chi connectivity index (χ1v) is 14.1. The van der Waals surface area contributed by atoms with Crippen LogP contribution in [0, 0.1) is 0 Å². The Balaban J connectivity index is 1.21. The van der Waals surface area contributed by atoms with Gasteiger partial charge >= 0.3 is 0 Å². The molecule has 1 fully saturated rings. The van der Waals surface area contributed by atoms with Crippen LogP contribution in [0.3, 0.4) is 0 Å². The van der Waals surface area contributed by atoms with Crippen molar-refractivity contribution < 1.29 is 9.47 Å². The maximum atomic E-state index is 12.4. The van der Waals surface area contributed by atoms with Gasteiger partial charge in [0.1, 0.15) is 17.5 Å². The van der Waals surface area contributed by atoms with Gasteiger partial charge in [-0.3, -0.25) is 9.78 Å². The number of anilines is 2. The Bertz CT molecular complexity index is 1530. The molecule has 2 aliphatic rings. The molecule has 9 heteroatoms. The maximum absolute atomic E-state index is 12.4. The Kier molecular flexibility index (Phi) is 7.06. The molecule has 0 radical (unpaired) electrons. The van der Waals surface area contributed by atoms with Gasteiger partial charge in [-0.25, -0.2) is 0 Å². The number of benzene rings is 2. The molecule has 2 N–H and O–H groups in total. The molecular weight excluding hydrogens is 516 g/mol. The van der Waals surface area contributed by atoms with Gasteiger partial charge in [-0.05, 0) is 60.5 Å². The molecule has 1 saturated heterocycles. The first-order valence-electron chi connectivity index (χ1n) is 12.5. The number of nitrogens with one attached hydrogen (secondary N) is 2. The highest BCUT2D eigenvalue weighted by Gasteiger charge is 2.29. The number of hydrogen-bond acceptors (Lipinski definition) is 8. The Morgan fingerprint density at radius 1 is 1.11 bits per heavy atom. The molecule has 2 aromatic carbocycles. The molecule has 2 aliphatic heterocycles. The Labute approximate surface area is 230 Å². The quantitative estimate of drug-likeness (QED) is 0.264. The van der Waals surface area contributed by atoms with E-state index in [0.717, 1.165) is 17.0 Å². The van der Waals surface area contributed by atoms with Crippen molar-refractivity contribution in [3.05, 3.63) is 94.7 Å². The molecule has 38 heavy (non-hydrogen) atoms. The summed E-state index contributed by atoms with van der Waals surface area (Å²) in [6.07, 6.45) is 5.14. The molecule has 2 unspecified atom stereocenters. The third-order valence-electron chi connectivity index (χ3n) is 6.79. The van der Waals surface area contributed by atoms with Gasteiger partial charge < -0.3 is 24.7 Å². The van der Waals surface area contributed by atoms with Gasteiger partial charge in [0.2, 0.25) is 0 Å². The zero-order chi connectivity index (χ0) is 26.1. The number of fused-ring (bicyclic) bond motifs is 2. The van der Waals surface area contributed by atoms with E-state index in [4.69, 9.17) is 9.47 Å². The number of aromatic amines is 1. The van der Waals surface area contributed by atoms with Crippen molar-refractivity contribution in [3.8, 4) is 5.75 Å². The Morgan fingerprint density at radius 3 is 2.89 bits per heavy atom. The molecule has 0 spiro atoms. The van der Waals surface area contributed by atoms with Crippen LogP contribution in [0.4, 0.5) is 11.4 Å². The highest BCUT2D eigenvalue weighted by atomic mass is 32.2. The summed E-state index contributed by atoms with van der Waals surface area (Å²) < 4.78 is 11.6. The fourth-order valence-electron chi connectivity index (χ4n) is 4.80. The van der Waals surface area contributed by atoms with Crippen LogP contribution in [-0.4, -0.2) is 36.8 Å². The molecule has 4 heterocycles. The lowest BCUT2D eigenvalue weighted by Crippen LogP contribution is -2.41. The maximum Gasteiger partial charge on any atom is 0.271 e. The van der Waals surface area contributed by atoms with Crippen LogP contribution in [0.1, 0.15) is 30.2 Å². The van der Waals surface area contributed by atoms with Gasteiger partial charge in [0.15, 0.2) is 0 Å². The monoisotopic (exact) mass is 544 g/mol. The van der Waals surface area contributed by atoms with E-state index in [1.807, 2.05) is 24.4 Å². The highest BCUT2D eigenvalue weighted by Crippen LogP contribution is 2.52. The zero-order valence-electron chi connectivity index (χ0n) is 21.1. The lowest BCUT2D eigenvalue weighted by atomic mass is 10.1. The number of rotatable bonds is 6. The van der Waals surface area contributed by atoms with E-state index in [2.05, 4.69) is 63.5 Å². The summed E-state index contributed by atoms with van der Waals surface area (Å²) in [5, 5.41) is 3.60. The van der Waals surface area contributed by atoms with E-state index >= 15 is 0 Å². The van der Waals surface area contributed by atoms with Gasteiger partial charge in [0.05, 0.1) is 26.0 Å².